The van der Waals surface area contributed by atoms with E-state index in [-0.39, 0.29) is 10.5 Å². The Kier molecular flexibility index (Phi) is 20.5. The van der Waals surface area contributed by atoms with E-state index in [0.717, 1.165) is 19.3 Å². The molecule has 42 heavy (non-hydrogen) atoms. The van der Waals surface area contributed by atoms with Gasteiger partial charge in [-0.3, -0.25) is 4.79 Å². The van der Waals surface area contributed by atoms with Crippen LogP contribution in [-0.2, 0) is 31.7 Å². The fourth-order valence-electron chi connectivity index (χ4n) is 3.88. The van der Waals surface area contributed by atoms with E-state index < -0.39 is 13.9 Å². The number of carbonyl (C=O) groups excluding carboxylic acids is 1. The molecule has 6 nitrogen and oxygen atoms in total. The van der Waals surface area contributed by atoms with Gasteiger partial charge in [0.2, 0.25) is 8.38 Å². The van der Waals surface area contributed by atoms with E-state index in [1.54, 1.807) is 0 Å². The minimum absolute atomic E-state index is 0.138. The lowest BCUT2D eigenvalue weighted by Gasteiger charge is -2.28. The number of nitrogens with two attached hydrogens (primary N) is 2. The van der Waals surface area contributed by atoms with Crippen molar-refractivity contribution < 1.29 is 18.9 Å². The Bertz CT molecular complexity index is 956. The van der Waals surface area contributed by atoms with Crippen molar-refractivity contribution in [2.45, 2.75) is 97.9 Å². The van der Waals surface area contributed by atoms with E-state index in [0.29, 0.717) is 25.5 Å². The molecule has 2 rings (SSSR count). The monoisotopic (exact) mass is 620 g/mol. The maximum Gasteiger partial charge on any atom is 0.205 e. The van der Waals surface area contributed by atoms with E-state index in [1.165, 1.54) is 67.0 Å². The highest BCUT2D eigenvalue weighted by atomic mass is 32.2. The third kappa shape index (κ3) is 19.1. The predicted octanol–water partition coefficient (Wildman–Crippen LogP) is 8.39. The molecular weight excluding hydrogens is 563 g/mol. The molecule has 0 spiro atoms. The van der Waals surface area contributed by atoms with Crippen molar-refractivity contribution in [1.29, 1.82) is 0 Å². The average Bonchev–Trinajstić information content (AvgIpc) is 2.97. The standard InChI is InChI=1S/C27H49N2O4PS.C7H8/c1-6-7-8-9-10-11-12-23-13-15-24(16-14-23)17-18-27(29,21-28)22-32-34(5)33-31-19-20-35-25(30)26(2,3)4;1-7-5-3-2-4-6-7/h13-16H,6-12,17-22,28-29H2,1-5H3;2-6H,1H3. The van der Waals surface area contributed by atoms with Crippen LogP contribution >= 0.6 is 20.1 Å². The first kappa shape index (κ1) is 38.7. The molecule has 0 aromatic heterocycles. The predicted molar refractivity (Wildman–Crippen MR) is 182 cm³/mol. The first-order chi connectivity index (χ1) is 20.0. The van der Waals surface area contributed by atoms with Crippen molar-refractivity contribution in [3.05, 3.63) is 71.3 Å². The number of benzene rings is 2. The fraction of sp³-hybridized carbons (Fsp3) is 0.618. The molecule has 0 aliphatic carbocycles. The van der Waals surface area contributed by atoms with Gasteiger partial charge in [0.05, 0.1) is 18.8 Å². The van der Waals surface area contributed by atoms with Gasteiger partial charge in [-0.1, -0.05) is 132 Å². The molecule has 0 aliphatic heterocycles. The summed E-state index contributed by atoms with van der Waals surface area (Å²) in [7, 11) is -1.24. The summed E-state index contributed by atoms with van der Waals surface area (Å²) in [5, 5.41) is 0.138. The van der Waals surface area contributed by atoms with Crippen LogP contribution < -0.4 is 11.5 Å². The van der Waals surface area contributed by atoms with Crippen LogP contribution in [0.2, 0.25) is 0 Å². The van der Waals surface area contributed by atoms with E-state index in [4.69, 9.17) is 25.6 Å². The maximum atomic E-state index is 11.9. The van der Waals surface area contributed by atoms with Crippen molar-refractivity contribution in [1.82, 2.24) is 0 Å². The first-order valence-electron chi connectivity index (χ1n) is 15.4. The molecule has 0 heterocycles. The van der Waals surface area contributed by atoms with Gasteiger partial charge in [-0.15, -0.1) is 0 Å². The smallest absolute Gasteiger partial charge is 0.205 e. The summed E-state index contributed by atoms with van der Waals surface area (Å²) in [6, 6.07) is 19.1. The highest BCUT2D eigenvalue weighted by Gasteiger charge is 2.25. The van der Waals surface area contributed by atoms with Gasteiger partial charge >= 0.3 is 0 Å². The maximum absolute atomic E-state index is 11.9. The molecule has 0 bridgehead atoms. The minimum atomic E-state index is -1.24. The van der Waals surface area contributed by atoms with Crippen LogP contribution in [0.5, 0.6) is 0 Å². The van der Waals surface area contributed by atoms with Crippen LogP contribution in [0.3, 0.4) is 0 Å². The molecule has 238 valence electrons. The van der Waals surface area contributed by atoms with Gasteiger partial charge in [-0.05, 0) is 43.7 Å². The quantitative estimate of drug-likeness (QED) is 0.0705. The lowest BCUT2D eigenvalue weighted by atomic mass is 9.92. The van der Waals surface area contributed by atoms with Gasteiger partial charge in [0.1, 0.15) is 0 Å². The topological polar surface area (TPSA) is 96.8 Å². The Morgan fingerprint density at radius 2 is 1.50 bits per heavy atom. The summed E-state index contributed by atoms with van der Waals surface area (Å²) in [5.74, 6) is 0.542. The van der Waals surface area contributed by atoms with Crippen LogP contribution in [0.25, 0.3) is 0 Å². The van der Waals surface area contributed by atoms with Gasteiger partial charge in [0, 0.05) is 24.4 Å². The summed E-state index contributed by atoms with van der Waals surface area (Å²) < 4.78 is 11.1. The normalized spacial score (nSPS) is 13.6. The number of carbonyl (C=O) groups is 1. The van der Waals surface area contributed by atoms with Crippen molar-refractivity contribution >= 4 is 25.3 Å². The SMILES string of the molecule is CCCCCCCCc1ccc(CCC(N)(CN)COP(C)OOCCSC(=O)C(C)(C)C)cc1.Cc1ccccc1. The second-order valence-corrected chi connectivity index (χ2v) is 14.4. The number of aryl methyl sites for hydroxylation is 3. The lowest BCUT2D eigenvalue weighted by Crippen LogP contribution is -2.51. The van der Waals surface area contributed by atoms with Gasteiger partial charge in [-0.2, -0.15) is 4.67 Å². The second kappa shape index (κ2) is 22.2. The van der Waals surface area contributed by atoms with E-state index in [1.807, 2.05) is 45.6 Å². The molecule has 4 N–H and O–H groups in total. The molecular formula is C34H57N2O4PS. The van der Waals surface area contributed by atoms with Crippen molar-refractivity contribution in [3.8, 4) is 0 Å². The number of rotatable bonds is 19. The van der Waals surface area contributed by atoms with Crippen LogP contribution in [-0.4, -0.2) is 42.8 Å². The molecule has 2 aromatic rings. The number of unbranched alkanes of at least 4 members (excludes halogenated alkanes) is 5. The Morgan fingerprint density at radius 1 is 0.905 bits per heavy atom. The zero-order valence-corrected chi connectivity index (χ0v) is 28.7. The fourth-order valence-corrected chi connectivity index (χ4v) is 5.35. The molecule has 2 aromatic carbocycles. The Labute approximate surface area is 261 Å². The van der Waals surface area contributed by atoms with E-state index >= 15 is 0 Å². The van der Waals surface area contributed by atoms with Crippen LogP contribution in [0.15, 0.2) is 54.6 Å². The number of hydrogen-bond donors (Lipinski definition) is 2. The molecule has 0 fully saturated rings. The highest BCUT2D eigenvalue weighted by molar-refractivity contribution is 8.13. The summed E-state index contributed by atoms with van der Waals surface area (Å²) in [6.45, 7) is 12.8. The molecule has 0 saturated heterocycles. The zero-order valence-electron chi connectivity index (χ0n) is 27.0. The molecule has 0 aliphatic rings. The van der Waals surface area contributed by atoms with Crippen LogP contribution in [0, 0.1) is 12.3 Å². The first-order valence-corrected chi connectivity index (χ1v) is 18.0. The second-order valence-electron chi connectivity index (χ2n) is 12.1. The van der Waals surface area contributed by atoms with E-state index in [2.05, 4.69) is 50.2 Å². The van der Waals surface area contributed by atoms with Gasteiger partial charge in [0.25, 0.3) is 0 Å². The average molecular weight is 621 g/mol. The third-order valence-corrected chi connectivity index (χ3v) is 8.86. The molecule has 8 heteroatoms. The van der Waals surface area contributed by atoms with E-state index in [9.17, 15) is 4.79 Å². The van der Waals surface area contributed by atoms with Gasteiger partial charge < -0.3 is 16.0 Å². The minimum Gasteiger partial charge on any atom is -0.330 e. The van der Waals surface area contributed by atoms with Crippen LogP contribution in [0.4, 0.5) is 0 Å². The molecule has 2 unspecified atom stereocenters. The van der Waals surface area contributed by atoms with Crippen molar-refractivity contribution in [3.63, 3.8) is 0 Å². The molecule has 0 radical (unpaired) electrons. The summed E-state index contributed by atoms with van der Waals surface area (Å²) >= 11 is 1.25. The Morgan fingerprint density at radius 3 is 2.05 bits per heavy atom. The van der Waals surface area contributed by atoms with Gasteiger partial charge in [-0.25, -0.2) is 4.89 Å². The summed E-state index contributed by atoms with van der Waals surface area (Å²) in [6.07, 6.45) is 10.7. The summed E-state index contributed by atoms with van der Waals surface area (Å²) in [5.41, 5.74) is 15.5. The molecule has 0 saturated carbocycles. The molecule has 0 amide bonds. The van der Waals surface area contributed by atoms with Crippen LogP contribution in [0.1, 0.15) is 89.3 Å². The molecule has 2 atom stereocenters. The van der Waals surface area contributed by atoms with Gasteiger partial charge in [0.15, 0.2) is 5.12 Å². The summed E-state index contributed by atoms with van der Waals surface area (Å²) in [4.78, 5) is 17.1. The zero-order chi connectivity index (χ0) is 31.3. The number of hydrogen-bond acceptors (Lipinski definition) is 7. The van der Waals surface area contributed by atoms with Crippen molar-refractivity contribution in [2.24, 2.45) is 16.9 Å². The number of thioether (sulfide) groups is 1. The highest BCUT2D eigenvalue weighted by Crippen LogP contribution is 2.35. The lowest BCUT2D eigenvalue weighted by molar-refractivity contribution is -0.201. The third-order valence-electron chi connectivity index (χ3n) is 6.80. The Balaban J connectivity index is 0.00000109. The Hall–Kier alpha value is -1.31. The largest absolute Gasteiger partial charge is 0.330 e. The van der Waals surface area contributed by atoms with Crippen molar-refractivity contribution in [2.75, 3.05) is 32.2 Å².